The van der Waals surface area contributed by atoms with Crippen LogP contribution in [0.1, 0.15) is 15.2 Å². The van der Waals surface area contributed by atoms with Gasteiger partial charge in [-0.1, -0.05) is 6.07 Å². The molecule has 1 amide bonds. The minimum atomic E-state index is -0.552. The number of anilines is 1. The van der Waals surface area contributed by atoms with Crippen molar-refractivity contribution in [2.24, 2.45) is 5.73 Å². The molecule has 0 spiro atoms. The van der Waals surface area contributed by atoms with Crippen molar-refractivity contribution >= 4 is 22.9 Å². The second-order valence-electron chi connectivity index (χ2n) is 3.48. The standard InChI is InChI=1S/C12H12N2O2S/c13-11-4-3-8(6-10(11)12(14)15)16-7-9-2-1-5-17-9/h1-6H,7,13H2,(H2,14,15). The third-order valence-electron chi connectivity index (χ3n) is 2.25. The van der Waals surface area contributed by atoms with Crippen molar-refractivity contribution in [3.8, 4) is 5.75 Å². The molecule has 0 aliphatic heterocycles. The molecule has 4 nitrogen and oxygen atoms in total. The lowest BCUT2D eigenvalue weighted by Crippen LogP contribution is -2.13. The van der Waals surface area contributed by atoms with E-state index in [0.717, 1.165) is 4.88 Å². The van der Waals surface area contributed by atoms with Gasteiger partial charge in [-0.2, -0.15) is 0 Å². The first-order chi connectivity index (χ1) is 8.16. The van der Waals surface area contributed by atoms with Crippen LogP contribution in [0.3, 0.4) is 0 Å². The van der Waals surface area contributed by atoms with Gasteiger partial charge in [-0.05, 0) is 29.6 Å². The first-order valence-electron chi connectivity index (χ1n) is 5.01. The number of ether oxygens (including phenoxy) is 1. The molecule has 0 aliphatic carbocycles. The molecule has 0 unspecified atom stereocenters. The molecule has 0 saturated carbocycles. The van der Waals surface area contributed by atoms with Gasteiger partial charge in [0.15, 0.2) is 0 Å². The number of hydrogen-bond acceptors (Lipinski definition) is 4. The van der Waals surface area contributed by atoms with Gasteiger partial charge >= 0.3 is 0 Å². The van der Waals surface area contributed by atoms with E-state index in [2.05, 4.69) is 0 Å². The molecule has 1 aromatic carbocycles. The Morgan fingerprint density at radius 1 is 1.35 bits per heavy atom. The number of carbonyl (C=O) groups is 1. The molecule has 5 heteroatoms. The van der Waals surface area contributed by atoms with Crippen LogP contribution >= 0.6 is 11.3 Å². The molecule has 4 N–H and O–H groups in total. The van der Waals surface area contributed by atoms with Crippen LogP contribution in [0.15, 0.2) is 35.7 Å². The molecular formula is C12H12N2O2S. The van der Waals surface area contributed by atoms with E-state index in [-0.39, 0.29) is 5.56 Å². The van der Waals surface area contributed by atoms with Gasteiger partial charge in [-0.15, -0.1) is 11.3 Å². The molecule has 0 aliphatic rings. The number of carbonyl (C=O) groups excluding carboxylic acids is 1. The third kappa shape index (κ3) is 2.76. The van der Waals surface area contributed by atoms with Crippen LogP contribution in [-0.4, -0.2) is 5.91 Å². The summed E-state index contributed by atoms with van der Waals surface area (Å²) in [6.07, 6.45) is 0. The summed E-state index contributed by atoms with van der Waals surface area (Å²) in [5.41, 5.74) is 11.5. The molecule has 17 heavy (non-hydrogen) atoms. The fourth-order valence-corrected chi connectivity index (χ4v) is 2.00. The van der Waals surface area contributed by atoms with Crippen molar-refractivity contribution in [1.29, 1.82) is 0 Å². The fraction of sp³-hybridized carbons (Fsp3) is 0.0833. The predicted molar refractivity (Wildman–Crippen MR) is 68.0 cm³/mol. The number of benzene rings is 1. The summed E-state index contributed by atoms with van der Waals surface area (Å²) < 4.78 is 5.54. The van der Waals surface area contributed by atoms with E-state index in [1.54, 1.807) is 29.5 Å². The summed E-state index contributed by atoms with van der Waals surface area (Å²) in [4.78, 5) is 12.2. The topological polar surface area (TPSA) is 78.3 Å². The van der Waals surface area contributed by atoms with Gasteiger partial charge in [0, 0.05) is 10.6 Å². The Morgan fingerprint density at radius 2 is 2.18 bits per heavy atom. The minimum Gasteiger partial charge on any atom is -0.488 e. The van der Waals surface area contributed by atoms with E-state index in [1.807, 2.05) is 17.5 Å². The molecule has 88 valence electrons. The molecule has 2 aromatic rings. The predicted octanol–water partition coefficient (Wildman–Crippen LogP) is 2.01. The summed E-state index contributed by atoms with van der Waals surface area (Å²) in [6, 6.07) is 8.84. The van der Waals surface area contributed by atoms with Crippen molar-refractivity contribution in [1.82, 2.24) is 0 Å². The zero-order valence-corrected chi connectivity index (χ0v) is 9.87. The maximum absolute atomic E-state index is 11.1. The maximum atomic E-state index is 11.1. The van der Waals surface area contributed by atoms with E-state index in [4.69, 9.17) is 16.2 Å². The quantitative estimate of drug-likeness (QED) is 0.812. The first kappa shape index (κ1) is 11.5. The van der Waals surface area contributed by atoms with Crippen molar-refractivity contribution in [3.63, 3.8) is 0 Å². The van der Waals surface area contributed by atoms with Crippen LogP contribution in [0.25, 0.3) is 0 Å². The van der Waals surface area contributed by atoms with Crippen LogP contribution in [0.4, 0.5) is 5.69 Å². The molecule has 0 atom stereocenters. The molecule has 1 heterocycles. The van der Waals surface area contributed by atoms with Crippen molar-refractivity contribution < 1.29 is 9.53 Å². The Balaban J connectivity index is 2.11. The third-order valence-corrected chi connectivity index (χ3v) is 3.10. The van der Waals surface area contributed by atoms with E-state index < -0.39 is 5.91 Å². The van der Waals surface area contributed by atoms with Crippen LogP contribution in [0.2, 0.25) is 0 Å². The monoisotopic (exact) mass is 248 g/mol. The normalized spacial score (nSPS) is 10.1. The molecule has 0 fully saturated rings. The van der Waals surface area contributed by atoms with Gasteiger partial charge in [0.1, 0.15) is 12.4 Å². The van der Waals surface area contributed by atoms with E-state index in [9.17, 15) is 4.79 Å². The number of nitrogens with two attached hydrogens (primary N) is 2. The average Bonchev–Trinajstić information content (AvgIpc) is 2.80. The summed E-state index contributed by atoms with van der Waals surface area (Å²) >= 11 is 1.61. The fourth-order valence-electron chi connectivity index (χ4n) is 1.39. The highest BCUT2D eigenvalue weighted by atomic mass is 32.1. The number of rotatable bonds is 4. The van der Waals surface area contributed by atoms with Gasteiger partial charge < -0.3 is 16.2 Å². The summed E-state index contributed by atoms with van der Waals surface area (Å²) in [6.45, 7) is 0.472. The van der Waals surface area contributed by atoms with Gasteiger partial charge in [-0.25, -0.2) is 0 Å². The molecule has 0 radical (unpaired) electrons. The van der Waals surface area contributed by atoms with Crippen molar-refractivity contribution in [2.45, 2.75) is 6.61 Å². The molecule has 0 saturated heterocycles. The second kappa shape index (κ2) is 4.88. The number of hydrogen-bond donors (Lipinski definition) is 2. The Hall–Kier alpha value is -2.01. The van der Waals surface area contributed by atoms with Crippen LogP contribution < -0.4 is 16.2 Å². The Morgan fingerprint density at radius 3 is 2.82 bits per heavy atom. The molecule has 2 rings (SSSR count). The Bertz CT molecular complexity index is 523. The Kier molecular flexibility index (Phi) is 3.30. The highest BCUT2D eigenvalue weighted by molar-refractivity contribution is 7.09. The number of thiophene rings is 1. The zero-order valence-electron chi connectivity index (χ0n) is 9.05. The van der Waals surface area contributed by atoms with Gasteiger partial charge in [0.25, 0.3) is 5.91 Å². The van der Waals surface area contributed by atoms with Crippen molar-refractivity contribution in [3.05, 3.63) is 46.2 Å². The number of amides is 1. The van der Waals surface area contributed by atoms with Gasteiger partial charge in [-0.3, -0.25) is 4.79 Å². The number of nitrogen functional groups attached to an aromatic ring is 1. The van der Waals surface area contributed by atoms with E-state index in [0.29, 0.717) is 18.0 Å². The zero-order chi connectivity index (χ0) is 12.3. The van der Waals surface area contributed by atoms with Crippen LogP contribution in [0.5, 0.6) is 5.75 Å². The highest BCUT2D eigenvalue weighted by Crippen LogP contribution is 2.21. The summed E-state index contributed by atoms with van der Waals surface area (Å²) in [5.74, 6) is 0.0328. The van der Waals surface area contributed by atoms with Gasteiger partial charge in [0.05, 0.1) is 5.56 Å². The minimum absolute atomic E-state index is 0.286. The van der Waals surface area contributed by atoms with Crippen molar-refractivity contribution in [2.75, 3.05) is 5.73 Å². The molecule has 0 bridgehead atoms. The SMILES string of the molecule is NC(=O)c1cc(OCc2cccs2)ccc1N. The molecule has 1 aromatic heterocycles. The first-order valence-corrected chi connectivity index (χ1v) is 5.89. The Labute approximate surface area is 103 Å². The number of primary amides is 1. The van der Waals surface area contributed by atoms with E-state index >= 15 is 0 Å². The van der Waals surface area contributed by atoms with Crippen LogP contribution in [-0.2, 0) is 6.61 Å². The van der Waals surface area contributed by atoms with Gasteiger partial charge in [0.2, 0.25) is 0 Å². The largest absolute Gasteiger partial charge is 0.488 e. The smallest absolute Gasteiger partial charge is 0.250 e. The lowest BCUT2D eigenvalue weighted by atomic mass is 10.1. The molecular weight excluding hydrogens is 236 g/mol. The summed E-state index contributed by atoms with van der Waals surface area (Å²) in [5, 5.41) is 1.98. The van der Waals surface area contributed by atoms with Crippen LogP contribution in [0, 0.1) is 0 Å². The second-order valence-corrected chi connectivity index (χ2v) is 4.51. The lowest BCUT2D eigenvalue weighted by Gasteiger charge is -2.07. The lowest BCUT2D eigenvalue weighted by molar-refractivity contribution is 0.100. The average molecular weight is 248 g/mol. The van der Waals surface area contributed by atoms with E-state index in [1.165, 1.54) is 0 Å². The summed E-state index contributed by atoms with van der Waals surface area (Å²) in [7, 11) is 0. The highest BCUT2D eigenvalue weighted by Gasteiger charge is 2.07. The maximum Gasteiger partial charge on any atom is 0.250 e.